The molecular weight excluding hydrogens is 252 g/mol. The Kier molecular flexibility index (Phi) is 5.13. The zero-order chi connectivity index (χ0) is 12.1. The topological polar surface area (TPSA) is 34.2 Å². The van der Waals surface area contributed by atoms with Gasteiger partial charge in [-0.25, -0.2) is 4.98 Å². The van der Waals surface area contributed by atoms with E-state index in [0.717, 1.165) is 30.5 Å². The van der Waals surface area contributed by atoms with Crippen LogP contribution in [0.4, 0.5) is 5.13 Å². The largest absolute Gasteiger partial charge is 0.377 e. The molecule has 1 saturated heterocycles. The van der Waals surface area contributed by atoms with E-state index >= 15 is 0 Å². The van der Waals surface area contributed by atoms with Gasteiger partial charge in [-0.15, -0.1) is 11.3 Å². The fourth-order valence-electron chi connectivity index (χ4n) is 1.81. The summed E-state index contributed by atoms with van der Waals surface area (Å²) in [5.41, 5.74) is 0. The lowest BCUT2D eigenvalue weighted by Crippen LogP contribution is -2.13. The normalized spacial score (nSPS) is 24.1. The van der Waals surface area contributed by atoms with Crippen LogP contribution < -0.4 is 5.32 Å². The summed E-state index contributed by atoms with van der Waals surface area (Å²) in [5, 5.41) is 5.04. The minimum absolute atomic E-state index is 0.408. The van der Waals surface area contributed by atoms with Crippen LogP contribution in [-0.4, -0.2) is 29.5 Å². The lowest BCUT2D eigenvalue weighted by Gasteiger charge is -2.12. The first-order chi connectivity index (χ1) is 8.29. The fourth-order valence-corrected chi connectivity index (χ4v) is 3.95. The molecule has 1 aromatic heterocycles. The number of thiazole rings is 1. The number of aromatic nitrogens is 1. The number of rotatable bonds is 6. The van der Waals surface area contributed by atoms with Gasteiger partial charge in [0.1, 0.15) is 0 Å². The van der Waals surface area contributed by atoms with Crippen molar-refractivity contribution >= 4 is 28.2 Å². The van der Waals surface area contributed by atoms with Gasteiger partial charge in [0, 0.05) is 35.2 Å². The number of hydrogen-bond acceptors (Lipinski definition) is 5. The van der Waals surface area contributed by atoms with Crippen molar-refractivity contribution in [2.45, 2.75) is 43.8 Å². The molecule has 2 heterocycles. The summed E-state index contributed by atoms with van der Waals surface area (Å²) in [6.07, 6.45) is 4.73. The SMILES string of the molecule is CCCNc1ncc(CSC2CCOC2C)s1. The molecule has 5 heteroatoms. The smallest absolute Gasteiger partial charge is 0.182 e. The molecule has 2 atom stereocenters. The predicted octanol–water partition coefficient (Wildman–Crippen LogP) is 3.38. The second kappa shape index (κ2) is 6.61. The number of nitrogens with one attached hydrogen (secondary N) is 1. The van der Waals surface area contributed by atoms with Crippen LogP contribution in [0.25, 0.3) is 0 Å². The Hall–Kier alpha value is -0.260. The van der Waals surface area contributed by atoms with Gasteiger partial charge in [-0.2, -0.15) is 11.8 Å². The average molecular weight is 272 g/mol. The monoisotopic (exact) mass is 272 g/mol. The van der Waals surface area contributed by atoms with E-state index in [1.54, 1.807) is 11.3 Å². The summed E-state index contributed by atoms with van der Waals surface area (Å²) >= 11 is 3.77. The Bertz CT molecular complexity index is 343. The molecule has 0 radical (unpaired) electrons. The molecule has 1 aliphatic rings. The van der Waals surface area contributed by atoms with Gasteiger partial charge in [0.25, 0.3) is 0 Å². The minimum atomic E-state index is 0.408. The van der Waals surface area contributed by atoms with Crippen LogP contribution >= 0.6 is 23.1 Å². The lowest BCUT2D eigenvalue weighted by atomic mass is 10.3. The molecule has 3 nitrogen and oxygen atoms in total. The summed E-state index contributed by atoms with van der Waals surface area (Å²) in [4.78, 5) is 5.74. The van der Waals surface area contributed by atoms with E-state index in [1.165, 1.54) is 11.3 Å². The molecule has 0 amide bonds. The van der Waals surface area contributed by atoms with Crippen LogP contribution in [0.1, 0.15) is 31.6 Å². The molecule has 17 heavy (non-hydrogen) atoms. The first-order valence-corrected chi connectivity index (χ1v) is 8.08. The molecular formula is C12H20N2OS2. The zero-order valence-electron chi connectivity index (χ0n) is 10.4. The van der Waals surface area contributed by atoms with Crippen LogP contribution in [0.15, 0.2) is 6.20 Å². The van der Waals surface area contributed by atoms with Crippen molar-refractivity contribution in [3.05, 3.63) is 11.1 Å². The van der Waals surface area contributed by atoms with Crippen molar-refractivity contribution in [1.82, 2.24) is 4.98 Å². The van der Waals surface area contributed by atoms with Gasteiger partial charge >= 0.3 is 0 Å². The first-order valence-electron chi connectivity index (χ1n) is 6.21. The lowest BCUT2D eigenvalue weighted by molar-refractivity contribution is 0.127. The van der Waals surface area contributed by atoms with E-state index in [0.29, 0.717) is 11.4 Å². The van der Waals surface area contributed by atoms with Crippen molar-refractivity contribution in [1.29, 1.82) is 0 Å². The molecule has 96 valence electrons. The number of ether oxygens (including phenoxy) is 1. The van der Waals surface area contributed by atoms with Gasteiger partial charge in [0.15, 0.2) is 5.13 Å². The molecule has 0 aliphatic carbocycles. The highest BCUT2D eigenvalue weighted by atomic mass is 32.2. The number of nitrogens with zero attached hydrogens (tertiary/aromatic N) is 1. The van der Waals surface area contributed by atoms with E-state index < -0.39 is 0 Å². The van der Waals surface area contributed by atoms with Gasteiger partial charge in [-0.05, 0) is 19.8 Å². The van der Waals surface area contributed by atoms with Crippen molar-refractivity contribution in [2.24, 2.45) is 0 Å². The van der Waals surface area contributed by atoms with E-state index in [4.69, 9.17) is 4.74 Å². The maximum Gasteiger partial charge on any atom is 0.182 e. The third-order valence-corrected chi connectivity index (χ3v) is 5.49. The van der Waals surface area contributed by atoms with Crippen molar-refractivity contribution in [3.8, 4) is 0 Å². The molecule has 1 aromatic rings. The highest BCUT2D eigenvalue weighted by Crippen LogP contribution is 2.31. The highest BCUT2D eigenvalue weighted by molar-refractivity contribution is 7.99. The van der Waals surface area contributed by atoms with E-state index in [-0.39, 0.29) is 0 Å². The summed E-state index contributed by atoms with van der Waals surface area (Å²) in [6.45, 7) is 6.27. The number of anilines is 1. The summed E-state index contributed by atoms with van der Waals surface area (Å²) in [5.74, 6) is 1.06. The van der Waals surface area contributed by atoms with Crippen LogP contribution in [0.5, 0.6) is 0 Å². The van der Waals surface area contributed by atoms with Crippen LogP contribution in [0.2, 0.25) is 0 Å². The van der Waals surface area contributed by atoms with Gasteiger partial charge in [0.2, 0.25) is 0 Å². The van der Waals surface area contributed by atoms with Crippen molar-refractivity contribution in [3.63, 3.8) is 0 Å². The average Bonchev–Trinajstić information content (AvgIpc) is 2.93. The second-order valence-corrected chi connectivity index (χ2v) is 6.62. The summed E-state index contributed by atoms with van der Waals surface area (Å²) in [7, 11) is 0. The van der Waals surface area contributed by atoms with Gasteiger partial charge in [-0.3, -0.25) is 0 Å². The standard InChI is InChI=1S/C12H20N2OS2/c1-3-5-13-12-14-7-10(17-12)8-16-11-4-6-15-9(11)2/h7,9,11H,3-6,8H2,1-2H3,(H,13,14). The van der Waals surface area contributed by atoms with Crippen molar-refractivity contribution < 1.29 is 4.74 Å². The second-order valence-electron chi connectivity index (χ2n) is 4.27. The molecule has 0 bridgehead atoms. The van der Waals surface area contributed by atoms with Gasteiger partial charge in [0.05, 0.1) is 6.10 Å². The van der Waals surface area contributed by atoms with Crippen LogP contribution in [-0.2, 0) is 10.5 Å². The van der Waals surface area contributed by atoms with Crippen molar-refractivity contribution in [2.75, 3.05) is 18.5 Å². The van der Waals surface area contributed by atoms with E-state index in [1.807, 2.05) is 18.0 Å². The predicted molar refractivity (Wildman–Crippen MR) is 76.0 cm³/mol. The molecule has 0 saturated carbocycles. The molecule has 2 rings (SSSR count). The quantitative estimate of drug-likeness (QED) is 0.861. The Labute approximate surface area is 111 Å². The Morgan fingerprint density at radius 2 is 2.53 bits per heavy atom. The Morgan fingerprint density at radius 3 is 3.24 bits per heavy atom. The first kappa shape index (κ1) is 13.2. The Balaban J connectivity index is 1.76. The van der Waals surface area contributed by atoms with Gasteiger partial charge < -0.3 is 10.1 Å². The molecule has 0 spiro atoms. The maximum absolute atomic E-state index is 5.57. The third-order valence-electron chi connectivity index (χ3n) is 2.83. The zero-order valence-corrected chi connectivity index (χ0v) is 12.1. The Morgan fingerprint density at radius 1 is 1.65 bits per heavy atom. The maximum atomic E-state index is 5.57. The van der Waals surface area contributed by atoms with E-state index in [9.17, 15) is 0 Å². The van der Waals surface area contributed by atoms with Crippen LogP contribution in [0, 0.1) is 0 Å². The molecule has 1 aliphatic heterocycles. The van der Waals surface area contributed by atoms with Crippen LogP contribution in [0.3, 0.4) is 0 Å². The minimum Gasteiger partial charge on any atom is -0.377 e. The summed E-state index contributed by atoms with van der Waals surface area (Å²) in [6, 6.07) is 0. The van der Waals surface area contributed by atoms with E-state index in [2.05, 4.69) is 24.1 Å². The fraction of sp³-hybridized carbons (Fsp3) is 0.750. The number of thioether (sulfide) groups is 1. The highest BCUT2D eigenvalue weighted by Gasteiger charge is 2.24. The molecule has 1 fully saturated rings. The molecule has 1 N–H and O–H groups in total. The molecule has 2 unspecified atom stereocenters. The summed E-state index contributed by atoms with van der Waals surface area (Å²) < 4.78 is 5.57. The number of hydrogen-bond donors (Lipinski definition) is 1. The third kappa shape index (κ3) is 3.86. The van der Waals surface area contributed by atoms with Gasteiger partial charge in [-0.1, -0.05) is 6.92 Å². The molecule has 0 aromatic carbocycles.